The van der Waals surface area contributed by atoms with Crippen LogP contribution in [0.4, 0.5) is 0 Å². The fraction of sp³-hybridized carbons (Fsp3) is 0.667. The van der Waals surface area contributed by atoms with E-state index >= 15 is 0 Å². The smallest absolute Gasteiger partial charge is 0.158 e. The standard InChI is InChI=1S/C12H19N3OS/c1-9-8-17-12(13-9)6-11(16)10-7-14(2)4-5-15(10)3/h8,10H,4-7H2,1-3H3. The first kappa shape index (κ1) is 12.7. The Bertz CT molecular complexity index is 404. The molecule has 1 aliphatic heterocycles. The van der Waals surface area contributed by atoms with Gasteiger partial charge in [0.1, 0.15) is 5.01 Å². The van der Waals surface area contributed by atoms with Gasteiger partial charge in [-0.25, -0.2) is 4.98 Å². The SMILES string of the molecule is Cc1csc(CC(=O)C2CN(C)CCN2C)n1. The monoisotopic (exact) mass is 253 g/mol. The van der Waals surface area contributed by atoms with Crippen LogP contribution < -0.4 is 0 Å². The van der Waals surface area contributed by atoms with E-state index in [4.69, 9.17) is 0 Å². The van der Waals surface area contributed by atoms with E-state index in [0.717, 1.165) is 30.3 Å². The second-order valence-electron chi connectivity index (χ2n) is 4.78. The minimum absolute atomic E-state index is 0.0259. The van der Waals surface area contributed by atoms with Crippen molar-refractivity contribution >= 4 is 17.1 Å². The molecule has 5 heteroatoms. The number of piperazine rings is 1. The summed E-state index contributed by atoms with van der Waals surface area (Å²) in [6.07, 6.45) is 0.474. The Labute approximate surface area is 106 Å². The van der Waals surface area contributed by atoms with Gasteiger partial charge in [-0.2, -0.15) is 0 Å². The van der Waals surface area contributed by atoms with Crippen LogP contribution in [0.1, 0.15) is 10.7 Å². The van der Waals surface area contributed by atoms with Crippen molar-refractivity contribution in [3.05, 3.63) is 16.1 Å². The predicted octanol–water partition coefficient (Wildman–Crippen LogP) is 0.809. The highest BCUT2D eigenvalue weighted by Gasteiger charge is 2.28. The number of aryl methyl sites for hydroxylation is 1. The van der Waals surface area contributed by atoms with Gasteiger partial charge in [0.2, 0.25) is 0 Å². The molecule has 0 bridgehead atoms. The molecule has 1 unspecified atom stereocenters. The molecule has 1 saturated heterocycles. The van der Waals surface area contributed by atoms with Crippen molar-refractivity contribution in [1.29, 1.82) is 0 Å². The Morgan fingerprint density at radius 1 is 1.53 bits per heavy atom. The number of Topliss-reactive ketones (excluding diaryl/α,β-unsaturated/α-hetero) is 1. The molecular weight excluding hydrogens is 234 g/mol. The molecule has 0 spiro atoms. The summed E-state index contributed by atoms with van der Waals surface area (Å²) in [6, 6.07) is 0.0259. The number of likely N-dealkylation sites (N-methyl/N-ethyl adjacent to an activating group) is 2. The van der Waals surface area contributed by atoms with Crippen LogP contribution >= 0.6 is 11.3 Å². The summed E-state index contributed by atoms with van der Waals surface area (Å²) in [5.41, 5.74) is 1.01. The number of rotatable bonds is 3. The largest absolute Gasteiger partial charge is 0.303 e. The van der Waals surface area contributed by atoms with Crippen LogP contribution in [-0.4, -0.2) is 60.3 Å². The second-order valence-corrected chi connectivity index (χ2v) is 5.73. The van der Waals surface area contributed by atoms with Gasteiger partial charge in [0.25, 0.3) is 0 Å². The molecule has 0 radical (unpaired) electrons. The van der Waals surface area contributed by atoms with Crippen LogP contribution in [0.2, 0.25) is 0 Å². The maximum absolute atomic E-state index is 12.2. The zero-order valence-corrected chi connectivity index (χ0v) is 11.5. The summed E-state index contributed by atoms with van der Waals surface area (Å²) in [6.45, 7) is 4.80. The first-order valence-corrected chi connectivity index (χ1v) is 6.76. The van der Waals surface area contributed by atoms with Crippen LogP contribution in [0.5, 0.6) is 0 Å². The molecule has 2 heterocycles. The highest BCUT2D eigenvalue weighted by atomic mass is 32.1. The number of carbonyl (C=O) groups excluding carboxylic acids is 1. The minimum Gasteiger partial charge on any atom is -0.303 e. The van der Waals surface area contributed by atoms with E-state index in [1.165, 1.54) is 0 Å². The summed E-state index contributed by atoms with van der Waals surface area (Å²) in [7, 11) is 4.10. The van der Waals surface area contributed by atoms with E-state index in [1.54, 1.807) is 11.3 Å². The molecule has 1 aliphatic rings. The van der Waals surface area contributed by atoms with Crippen molar-refractivity contribution in [3.8, 4) is 0 Å². The van der Waals surface area contributed by atoms with Gasteiger partial charge < -0.3 is 4.90 Å². The van der Waals surface area contributed by atoms with E-state index in [1.807, 2.05) is 19.4 Å². The number of thiazole rings is 1. The quantitative estimate of drug-likeness (QED) is 0.799. The molecule has 17 heavy (non-hydrogen) atoms. The molecule has 4 nitrogen and oxygen atoms in total. The predicted molar refractivity (Wildman–Crippen MR) is 69.5 cm³/mol. The molecule has 1 fully saturated rings. The van der Waals surface area contributed by atoms with Gasteiger partial charge >= 0.3 is 0 Å². The highest BCUT2D eigenvalue weighted by molar-refractivity contribution is 7.09. The molecule has 0 aliphatic carbocycles. The van der Waals surface area contributed by atoms with Gasteiger partial charge in [-0.1, -0.05) is 0 Å². The van der Waals surface area contributed by atoms with E-state index < -0.39 is 0 Å². The zero-order valence-electron chi connectivity index (χ0n) is 10.6. The molecule has 0 N–H and O–H groups in total. The molecule has 1 aromatic rings. The van der Waals surface area contributed by atoms with Gasteiger partial charge in [-0.15, -0.1) is 11.3 Å². The van der Waals surface area contributed by atoms with E-state index in [0.29, 0.717) is 6.42 Å². The fourth-order valence-corrected chi connectivity index (χ4v) is 2.89. The van der Waals surface area contributed by atoms with Crippen molar-refractivity contribution in [2.75, 3.05) is 33.7 Å². The third kappa shape index (κ3) is 3.12. The van der Waals surface area contributed by atoms with Gasteiger partial charge in [-0.3, -0.25) is 9.69 Å². The lowest BCUT2D eigenvalue weighted by Crippen LogP contribution is -2.53. The van der Waals surface area contributed by atoms with Crippen molar-refractivity contribution in [1.82, 2.24) is 14.8 Å². The molecule has 0 amide bonds. The number of hydrogen-bond donors (Lipinski definition) is 0. The number of carbonyl (C=O) groups is 1. The zero-order chi connectivity index (χ0) is 12.4. The third-order valence-electron chi connectivity index (χ3n) is 3.21. The number of hydrogen-bond acceptors (Lipinski definition) is 5. The molecular formula is C12H19N3OS. The Kier molecular flexibility index (Phi) is 3.91. The maximum atomic E-state index is 12.2. The Morgan fingerprint density at radius 3 is 2.94 bits per heavy atom. The van der Waals surface area contributed by atoms with Gasteiger partial charge in [0, 0.05) is 30.7 Å². The number of ketones is 1. The summed E-state index contributed by atoms with van der Waals surface area (Å²) in [5.74, 6) is 0.286. The first-order valence-electron chi connectivity index (χ1n) is 5.89. The van der Waals surface area contributed by atoms with Gasteiger partial charge in [-0.05, 0) is 21.0 Å². The van der Waals surface area contributed by atoms with Crippen LogP contribution in [0.25, 0.3) is 0 Å². The van der Waals surface area contributed by atoms with E-state index in [-0.39, 0.29) is 11.8 Å². The van der Waals surface area contributed by atoms with Crippen molar-refractivity contribution in [2.24, 2.45) is 0 Å². The van der Waals surface area contributed by atoms with Gasteiger partial charge in [0.15, 0.2) is 5.78 Å². The van der Waals surface area contributed by atoms with E-state index in [2.05, 4.69) is 21.8 Å². The Hall–Kier alpha value is -0.780. The third-order valence-corrected chi connectivity index (χ3v) is 4.18. The topological polar surface area (TPSA) is 36.4 Å². The lowest BCUT2D eigenvalue weighted by molar-refractivity contribution is -0.125. The summed E-state index contributed by atoms with van der Waals surface area (Å²) in [4.78, 5) is 21.0. The molecule has 0 saturated carbocycles. The number of aromatic nitrogens is 1. The average molecular weight is 253 g/mol. The molecule has 2 rings (SSSR count). The summed E-state index contributed by atoms with van der Waals surface area (Å²) in [5, 5.41) is 2.94. The molecule has 1 aromatic heterocycles. The Morgan fingerprint density at radius 2 is 2.29 bits per heavy atom. The lowest BCUT2D eigenvalue weighted by atomic mass is 10.1. The first-order chi connectivity index (χ1) is 8.06. The summed E-state index contributed by atoms with van der Waals surface area (Å²) < 4.78 is 0. The molecule has 1 atom stereocenters. The van der Waals surface area contributed by atoms with E-state index in [9.17, 15) is 4.79 Å². The Balaban J connectivity index is 1.99. The van der Waals surface area contributed by atoms with Crippen molar-refractivity contribution < 1.29 is 4.79 Å². The second kappa shape index (κ2) is 5.25. The van der Waals surface area contributed by atoms with Crippen LogP contribution in [0.3, 0.4) is 0 Å². The molecule has 94 valence electrons. The number of nitrogens with zero attached hydrogens (tertiary/aromatic N) is 3. The maximum Gasteiger partial charge on any atom is 0.158 e. The van der Waals surface area contributed by atoms with Crippen molar-refractivity contribution in [3.63, 3.8) is 0 Å². The lowest BCUT2D eigenvalue weighted by Gasteiger charge is -2.36. The fourth-order valence-electron chi connectivity index (χ4n) is 2.11. The van der Waals surface area contributed by atoms with Gasteiger partial charge in [0.05, 0.1) is 12.5 Å². The normalized spacial score (nSPS) is 22.9. The minimum atomic E-state index is 0.0259. The van der Waals surface area contributed by atoms with Crippen molar-refractivity contribution in [2.45, 2.75) is 19.4 Å². The van der Waals surface area contributed by atoms with Crippen LogP contribution in [0, 0.1) is 6.92 Å². The average Bonchev–Trinajstić information content (AvgIpc) is 2.67. The summed E-state index contributed by atoms with van der Waals surface area (Å²) >= 11 is 1.58. The molecule has 0 aromatic carbocycles. The van der Waals surface area contributed by atoms with Crippen LogP contribution in [-0.2, 0) is 11.2 Å². The highest BCUT2D eigenvalue weighted by Crippen LogP contribution is 2.14. The van der Waals surface area contributed by atoms with Crippen LogP contribution in [0.15, 0.2) is 5.38 Å².